The Hall–Kier alpha value is -2.18. The Bertz CT molecular complexity index is 520. The van der Waals surface area contributed by atoms with Crippen molar-refractivity contribution in [1.29, 1.82) is 0 Å². The van der Waals surface area contributed by atoms with Crippen LogP contribution in [-0.2, 0) is 14.3 Å². The average molecular weight is 301 g/mol. The molecule has 21 heavy (non-hydrogen) atoms. The van der Waals surface area contributed by atoms with Gasteiger partial charge in [0.2, 0.25) is 0 Å². The Kier molecular flexibility index (Phi) is 6.08. The molecule has 116 valence electrons. The summed E-state index contributed by atoms with van der Waals surface area (Å²) in [6.07, 6.45) is 0. The summed E-state index contributed by atoms with van der Waals surface area (Å²) in [7, 11) is 1.22. The van der Waals surface area contributed by atoms with Gasteiger partial charge in [0.1, 0.15) is 12.4 Å². The molecule has 7 heteroatoms. The summed E-state index contributed by atoms with van der Waals surface area (Å²) >= 11 is 0. The fourth-order valence-electron chi connectivity index (χ4n) is 1.58. The van der Waals surface area contributed by atoms with Gasteiger partial charge in [-0.05, 0) is 26.0 Å². The molecule has 1 rings (SSSR count). The van der Waals surface area contributed by atoms with Gasteiger partial charge in [-0.15, -0.1) is 0 Å². The molecule has 0 spiro atoms. The van der Waals surface area contributed by atoms with Crippen LogP contribution in [0, 0.1) is 11.6 Å². The Morgan fingerprint density at radius 3 is 2.48 bits per heavy atom. The summed E-state index contributed by atoms with van der Waals surface area (Å²) in [5, 5.41) is 0. The van der Waals surface area contributed by atoms with Gasteiger partial charge in [-0.1, -0.05) is 0 Å². The molecule has 0 saturated carbocycles. The first-order valence-electron chi connectivity index (χ1n) is 6.29. The van der Waals surface area contributed by atoms with Crippen molar-refractivity contribution in [3.63, 3.8) is 0 Å². The van der Waals surface area contributed by atoms with E-state index < -0.39 is 30.1 Å². The number of nitrogens with zero attached hydrogens (tertiary/aromatic N) is 1. The van der Waals surface area contributed by atoms with Crippen LogP contribution in [0.25, 0.3) is 0 Å². The van der Waals surface area contributed by atoms with E-state index in [-0.39, 0.29) is 18.3 Å². The van der Waals surface area contributed by atoms with E-state index in [1.54, 1.807) is 13.8 Å². The van der Waals surface area contributed by atoms with Gasteiger partial charge >= 0.3 is 5.97 Å². The Morgan fingerprint density at radius 1 is 1.29 bits per heavy atom. The smallest absolute Gasteiger partial charge is 0.325 e. The van der Waals surface area contributed by atoms with Gasteiger partial charge in [-0.25, -0.2) is 8.78 Å². The lowest BCUT2D eigenvalue weighted by Crippen LogP contribution is -2.43. The van der Waals surface area contributed by atoms with E-state index in [0.717, 1.165) is 12.1 Å². The molecule has 1 amide bonds. The van der Waals surface area contributed by atoms with Crippen molar-refractivity contribution in [2.75, 3.05) is 20.3 Å². The molecule has 0 aliphatic heterocycles. The first-order chi connectivity index (χ1) is 9.85. The average Bonchev–Trinajstić information content (AvgIpc) is 2.42. The SMILES string of the molecule is COC(=O)CN(C(=O)COc1ccc(F)cc1F)C(C)C. The monoisotopic (exact) mass is 301 g/mol. The number of benzene rings is 1. The van der Waals surface area contributed by atoms with Crippen molar-refractivity contribution >= 4 is 11.9 Å². The number of carbonyl (C=O) groups excluding carboxylic acids is 2. The van der Waals surface area contributed by atoms with E-state index in [1.807, 2.05) is 0 Å². The van der Waals surface area contributed by atoms with Gasteiger partial charge in [0.15, 0.2) is 18.2 Å². The maximum atomic E-state index is 13.4. The first-order valence-corrected chi connectivity index (χ1v) is 6.29. The van der Waals surface area contributed by atoms with Crippen LogP contribution in [0.3, 0.4) is 0 Å². The summed E-state index contributed by atoms with van der Waals surface area (Å²) in [6.45, 7) is 2.76. The number of carbonyl (C=O) groups is 2. The molecular weight excluding hydrogens is 284 g/mol. The van der Waals surface area contributed by atoms with E-state index in [4.69, 9.17) is 4.74 Å². The normalized spacial score (nSPS) is 10.4. The predicted octanol–water partition coefficient (Wildman–Crippen LogP) is 1.75. The number of hydrogen-bond acceptors (Lipinski definition) is 4. The molecule has 0 bridgehead atoms. The Balaban J connectivity index is 2.67. The lowest BCUT2D eigenvalue weighted by molar-refractivity contribution is -0.149. The highest BCUT2D eigenvalue weighted by Gasteiger charge is 2.21. The molecule has 0 atom stereocenters. The van der Waals surface area contributed by atoms with Crippen LogP contribution in [0.1, 0.15) is 13.8 Å². The van der Waals surface area contributed by atoms with Gasteiger partial charge < -0.3 is 14.4 Å². The zero-order chi connectivity index (χ0) is 16.0. The predicted molar refractivity (Wildman–Crippen MR) is 70.7 cm³/mol. The molecule has 0 fully saturated rings. The number of rotatable bonds is 6. The van der Waals surface area contributed by atoms with Gasteiger partial charge in [-0.2, -0.15) is 0 Å². The van der Waals surface area contributed by atoms with Crippen molar-refractivity contribution in [2.24, 2.45) is 0 Å². The number of halogens is 2. The van der Waals surface area contributed by atoms with Crippen LogP contribution in [0.5, 0.6) is 5.75 Å². The Labute approximate surface area is 121 Å². The summed E-state index contributed by atoms with van der Waals surface area (Å²) in [5.41, 5.74) is 0. The third-order valence-electron chi connectivity index (χ3n) is 2.72. The highest BCUT2D eigenvalue weighted by Crippen LogP contribution is 2.17. The molecule has 0 aromatic heterocycles. The number of esters is 1. The van der Waals surface area contributed by atoms with Crippen LogP contribution < -0.4 is 4.74 Å². The quantitative estimate of drug-likeness (QED) is 0.751. The van der Waals surface area contributed by atoms with Crippen LogP contribution in [0.15, 0.2) is 18.2 Å². The minimum absolute atomic E-state index is 0.220. The highest BCUT2D eigenvalue weighted by atomic mass is 19.1. The molecule has 5 nitrogen and oxygen atoms in total. The van der Waals surface area contributed by atoms with Crippen molar-refractivity contribution in [3.8, 4) is 5.75 Å². The van der Waals surface area contributed by atoms with E-state index >= 15 is 0 Å². The maximum absolute atomic E-state index is 13.4. The number of ether oxygens (including phenoxy) is 2. The largest absolute Gasteiger partial charge is 0.481 e. The van der Waals surface area contributed by atoms with Crippen molar-refractivity contribution < 1.29 is 27.8 Å². The molecule has 0 aliphatic rings. The van der Waals surface area contributed by atoms with E-state index in [2.05, 4.69) is 4.74 Å². The second-order valence-electron chi connectivity index (χ2n) is 4.55. The number of methoxy groups -OCH3 is 1. The van der Waals surface area contributed by atoms with Crippen LogP contribution in [0.2, 0.25) is 0 Å². The Morgan fingerprint density at radius 2 is 1.95 bits per heavy atom. The van der Waals surface area contributed by atoms with Crippen LogP contribution in [0.4, 0.5) is 8.78 Å². The molecule has 0 aliphatic carbocycles. The molecule has 0 radical (unpaired) electrons. The second-order valence-corrected chi connectivity index (χ2v) is 4.55. The lowest BCUT2D eigenvalue weighted by atomic mass is 10.3. The summed E-state index contributed by atoms with van der Waals surface area (Å²) in [5.74, 6) is -2.93. The van der Waals surface area contributed by atoms with Crippen molar-refractivity contribution in [1.82, 2.24) is 4.90 Å². The van der Waals surface area contributed by atoms with Gasteiger partial charge in [0.25, 0.3) is 5.91 Å². The maximum Gasteiger partial charge on any atom is 0.325 e. The van der Waals surface area contributed by atoms with Crippen molar-refractivity contribution in [2.45, 2.75) is 19.9 Å². The number of amides is 1. The second kappa shape index (κ2) is 7.56. The van der Waals surface area contributed by atoms with Gasteiger partial charge in [0, 0.05) is 12.1 Å². The third kappa shape index (κ3) is 5.02. The summed E-state index contributed by atoms with van der Waals surface area (Å²) in [6, 6.07) is 2.53. The topological polar surface area (TPSA) is 55.8 Å². The lowest BCUT2D eigenvalue weighted by Gasteiger charge is -2.25. The molecule has 1 aromatic carbocycles. The van der Waals surface area contributed by atoms with Gasteiger partial charge in [-0.3, -0.25) is 9.59 Å². The standard InChI is InChI=1S/C14H17F2NO4/c1-9(2)17(7-14(19)20-3)13(18)8-21-12-5-4-10(15)6-11(12)16/h4-6,9H,7-8H2,1-3H3. The zero-order valence-corrected chi connectivity index (χ0v) is 12.1. The molecule has 0 unspecified atom stereocenters. The molecule has 1 aromatic rings. The molecule has 0 heterocycles. The summed E-state index contributed by atoms with van der Waals surface area (Å²) in [4.78, 5) is 24.5. The van der Waals surface area contributed by atoms with E-state index in [9.17, 15) is 18.4 Å². The van der Waals surface area contributed by atoms with Crippen LogP contribution >= 0.6 is 0 Å². The minimum Gasteiger partial charge on any atom is -0.481 e. The van der Waals surface area contributed by atoms with Crippen molar-refractivity contribution in [3.05, 3.63) is 29.8 Å². The van der Waals surface area contributed by atoms with E-state index in [1.165, 1.54) is 12.0 Å². The number of hydrogen-bond donors (Lipinski definition) is 0. The minimum atomic E-state index is -0.896. The molecule has 0 saturated heterocycles. The zero-order valence-electron chi connectivity index (χ0n) is 12.1. The van der Waals surface area contributed by atoms with Crippen LogP contribution in [-0.4, -0.2) is 43.1 Å². The fraction of sp³-hybridized carbons (Fsp3) is 0.429. The fourth-order valence-corrected chi connectivity index (χ4v) is 1.58. The highest BCUT2D eigenvalue weighted by molar-refractivity contribution is 5.83. The van der Waals surface area contributed by atoms with E-state index in [0.29, 0.717) is 6.07 Å². The van der Waals surface area contributed by atoms with Gasteiger partial charge in [0.05, 0.1) is 7.11 Å². The summed E-state index contributed by atoms with van der Waals surface area (Å²) < 4.78 is 35.6. The first kappa shape index (κ1) is 16.9. The third-order valence-corrected chi connectivity index (χ3v) is 2.72. The molecule has 0 N–H and O–H groups in total. The molecular formula is C14H17F2NO4.